The van der Waals surface area contributed by atoms with Crippen molar-refractivity contribution < 1.29 is 19.1 Å². The Kier molecular flexibility index (Phi) is 7.14. The molecule has 0 saturated heterocycles. The second-order valence-electron chi connectivity index (χ2n) is 7.31. The van der Waals surface area contributed by atoms with Crippen molar-refractivity contribution in [2.24, 2.45) is 5.92 Å². The van der Waals surface area contributed by atoms with Crippen molar-refractivity contribution in [1.82, 2.24) is 10.6 Å². The first-order chi connectivity index (χ1) is 13.9. The Morgan fingerprint density at radius 2 is 1.97 bits per heavy atom. The molecule has 2 aromatic carbocycles. The van der Waals surface area contributed by atoms with Gasteiger partial charge in [-0.15, -0.1) is 0 Å². The Morgan fingerprint density at radius 1 is 1.21 bits per heavy atom. The fourth-order valence-corrected chi connectivity index (χ4v) is 3.58. The predicted octanol–water partition coefficient (Wildman–Crippen LogP) is 4.34. The minimum atomic E-state index is -0.697. The second-order valence-corrected chi connectivity index (χ2v) is 8.22. The highest BCUT2D eigenvalue weighted by atomic mass is 79.9. The zero-order chi connectivity index (χ0) is 20.8. The Labute approximate surface area is 179 Å². The number of carbonyl (C=O) groups excluding carboxylic acids is 2. The van der Waals surface area contributed by atoms with Crippen molar-refractivity contribution >= 4 is 27.9 Å². The largest absolute Gasteiger partial charge is 0.493 e. The van der Waals surface area contributed by atoms with Crippen LogP contribution in [-0.4, -0.2) is 24.6 Å². The molecule has 0 fully saturated rings. The number of nitrogens with one attached hydrogen (secondary N) is 2. The molecule has 1 aliphatic heterocycles. The maximum atomic E-state index is 12.9. The van der Waals surface area contributed by atoms with Gasteiger partial charge in [0.15, 0.2) is 0 Å². The molecule has 1 aliphatic rings. The Morgan fingerprint density at radius 3 is 2.69 bits per heavy atom. The molecule has 2 N–H and O–H groups in total. The van der Waals surface area contributed by atoms with Gasteiger partial charge < -0.3 is 20.1 Å². The minimum Gasteiger partial charge on any atom is -0.493 e. The van der Waals surface area contributed by atoms with Crippen molar-refractivity contribution in [3.05, 3.63) is 64.1 Å². The van der Waals surface area contributed by atoms with E-state index >= 15 is 0 Å². The number of amides is 2. The van der Waals surface area contributed by atoms with Crippen LogP contribution in [-0.2, 0) is 16.1 Å². The van der Waals surface area contributed by atoms with E-state index in [4.69, 9.17) is 9.47 Å². The molecule has 2 aromatic rings. The highest BCUT2D eigenvalue weighted by Gasteiger charge is 2.29. The van der Waals surface area contributed by atoms with Gasteiger partial charge in [0.2, 0.25) is 5.91 Å². The van der Waals surface area contributed by atoms with Crippen molar-refractivity contribution in [3.8, 4) is 5.75 Å². The van der Waals surface area contributed by atoms with Crippen molar-refractivity contribution in [2.75, 3.05) is 6.61 Å². The average Bonchev–Trinajstić information content (AvgIpc) is 2.71. The van der Waals surface area contributed by atoms with Crippen molar-refractivity contribution in [3.63, 3.8) is 0 Å². The van der Waals surface area contributed by atoms with Gasteiger partial charge in [-0.1, -0.05) is 60.1 Å². The van der Waals surface area contributed by atoms with Crippen molar-refractivity contribution in [1.29, 1.82) is 0 Å². The van der Waals surface area contributed by atoms with Crippen LogP contribution in [0, 0.1) is 5.92 Å². The smallest absolute Gasteiger partial charge is 0.408 e. The molecule has 6 nitrogen and oxygen atoms in total. The summed E-state index contributed by atoms with van der Waals surface area (Å²) in [5.74, 6) is 0.427. The van der Waals surface area contributed by atoms with Crippen LogP contribution in [0.15, 0.2) is 53.0 Å². The Hall–Kier alpha value is -2.54. The summed E-state index contributed by atoms with van der Waals surface area (Å²) in [6.45, 7) is 4.45. The first-order valence-corrected chi connectivity index (χ1v) is 10.4. The van der Waals surface area contributed by atoms with E-state index in [0.717, 1.165) is 21.3 Å². The van der Waals surface area contributed by atoms with Crippen LogP contribution in [0.5, 0.6) is 5.75 Å². The summed E-state index contributed by atoms with van der Waals surface area (Å²) in [7, 11) is 0. The van der Waals surface area contributed by atoms with Crippen LogP contribution < -0.4 is 15.4 Å². The minimum absolute atomic E-state index is 0.0962. The third kappa shape index (κ3) is 5.73. The number of rotatable bonds is 6. The van der Waals surface area contributed by atoms with Crippen LogP contribution in [0.3, 0.4) is 0 Å². The maximum absolute atomic E-state index is 12.9. The molecular weight excluding hydrogens is 436 g/mol. The molecule has 1 unspecified atom stereocenters. The van der Waals surface area contributed by atoms with Gasteiger partial charge in [-0.3, -0.25) is 4.79 Å². The summed E-state index contributed by atoms with van der Waals surface area (Å²) < 4.78 is 11.9. The summed E-state index contributed by atoms with van der Waals surface area (Å²) in [5, 5.41) is 5.75. The molecule has 154 valence electrons. The van der Waals surface area contributed by atoms with E-state index in [1.165, 1.54) is 0 Å². The van der Waals surface area contributed by atoms with Crippen molar-refractivity contribution in [2.45, 2.75) is 39.0 Å². The lowest BCUT2D eigenvalue weighted by molar-refractivity contribution is -0.125. The van der Waals surface area contributed by atoms with Crippen LogP contribution in [0.25, 0.3) is 0 Å². The van der Waals surface area contributed by atoms with Crippen LogP contribution in [0.2, 0.25) is 0 Å². The van der Waals surface area contributed by atoms with Gasteiger partial charge in [0.1, 0.15) is 18.4 Å². The first-order valence-electron chi connectivity index (χ1n) is 9.64. The highest BCUT2D eigenvalue weighted by molar-refractivity contribution is 9.10. The predicted molar refractivity (Wildman–Crippen MR) is 114 cm³/mol. The van der Waals surface area contributed by atoms with Gasteiger partial charge >= 0.3 is 6.09 Å². The molecule has 29 heavy (non-hydrogen) atoms. The van der Waals surface area contributed by atoms with Gasteiger partial charge in [0, 0.05) is 16.5 Å². The SMILES string of the molecule is CC(C)[C@H](NC(=O)OCc1ccccc1)C(=O)NC1CCOc2ccc(Br)cc21. The van der Waals surface area contributed by atoms with Gasteiger partial charge in [-0.2, -0.15) is 0 Å². The molecule has 2 amide bonds. The molecule has 0 saturated carbocycles. The molecular formula is C22H25BrN2O4. The fraction of sp³-hybridized carbons (Fsp3) is 0.364. The molecule has 0 aromatic heterocycles. The lowest BCUT2D eigenvalue weighted by atomic mass is 9.98. The molecule has 0 aliphatic carbocycles. The topological polar surface area (TPSA) is 76.7 Å². The van der Waals surface area contributed by atoms with Gasteiger partial charge in [0.05, 0.1) is 12.6 Å². The number of alkyl carbamates (subject to hydrolysis) is 1. The normalized spacial score (nSPS) is 16.3. The fourth-order valence-electron chi connectivity index (χ4n) is 3.20. The Balaban J connectivity index is 1.61. The first kappa shape index (κ1) is 21.2. The van der Waals surface area contributed by atoms with E-state index in [9.17, 15) is 9.59 Å². The van der Waals surface area contributed by atoms with E-state index in [1.54, 1.807) is 0 Å². The lowest BCUT2D eigenvalue weighted by Gasteiger charge is -2.29. The number of carbonyl (C=O) groups is 2. The quantitative estimate of drug-likeness (QED) is 0.671. The lowest BCUT2D eigenvalue weighted by Crippen LogP contribution is -2.51. The monoisotopic (exact) mass is 460 g/mol. The maximum Gasteiger partial charge on any atom is 0.408 e. The zero-order valence-electron chi connectivity index (χ0n) is 16.5. The summed E-state index contributed by atoms with van der Waals surface area (Å²) in [5.41, 5.74) is 1.81. The van der Waals surface area contributed by atoms with Gasteiger partial charge in [-0.25, -0.2) is 4.79 Å². The molecule has 2 atom stereocenters. The number of ether oxygens (including phenoxy) is 2. The average molecular weight is 461 g/mol. The molecule has 0 spiro atoms. The number of halogens is 1. The number of hydrogen-bond acceptors (Lipinski definition) is 4. The van der Waals surface area contributed by atoms with Crippen LogP contribution >= 0.6 is 15.9 Å². The van der Waals surface area contributed by atoms with Crippen LogP contribution in [0.4, 0.5) is 4.79 Å². The molecule has 7 heteroatoms. The third-order valence-electron chi connectivity index (χ3n) is 4.76. The van der Waals surface area contributed by atoms with E-state index in [-0.39, 0.29) is 24.5 Å². The van der Waals surface area contributed by atoms with E-state index in [0.29, 0.717) is 13.0 Å². The van der Waals surface area contributed by atoms with Gasteiger partial charge in [0.25, 0.3) is 0 Å². The van der Waals surface area contributed by atoms with E-state index < -0.39 is 12.1 Å². The third-order valence-corrected chi connectivity index (χ3v) is 5.26. The summed E-state index contributed by atoms with van der Waals surface area (Å²) in [4.78, 5) is 25.2. The number of benzene rings is 2. The second kappa shape index (κ2) is 9.78. The summed E-state index contributed by atoms with van der Waals surface area (Å²) in [6.07, 6.45) is 0.0520. The highest BCUT2D eigenvalue weighted by Crippen LogP contribution is 2.34. The van der Waals surface area contributed by atoms with Crippen LogP contribution in [0.1, 0.15) is 37.4 Å². The Bertz CT molecular complexity index is 857. The molecule has 0 radical (unpaired) electrons. The summed E-state index contributed by atoms with van der Waals surface area (Å²) >= 11 is 3.46. The molecule has 0 bridgehead atoms. The molecule has 3 rings (SSSR count). The number of hydrogen-bond donors (Lipinski definition) is 2. The molecule has 1 heterocycles. The standard InChI is InChI=1S/C22H25BrN2O4/c1-14(2)20(25-22(27)29-13-15-6-4-3-5-7-15)21(26)24-18-10-11-28-19-9-8-16(23)12-17(18)19/h3-9,12,14,18,20H,10-11,13H2,1-2H3,(H,24,26)(H,25,27)/t18?,20-/m0/s1. The summed E-state index contributed by atoms with van der Waals surface area (Å²) in [6, 6.07) is 14.3. The zero-order valence-corrected chi connectivity index (χ0v) is 18.1. The van der Waals surface area contributed by atoms with Gasteiger partial charge in [-0.05, 0) is 29.7 Å². The number of fused-ring (bicyclic) bond motifs is 1. The van der Waals surface area contributed by atoms with E-state index in [2.05, 4.69) is 26.6 Å². The van der Waals surface area contributed by atoms with E-state index in [1.807, 2.05) is 62.4 Å².